The molecule has 0 bridgehead atoms. The molecule has 1 amide bonds. The van der Waals surface area contributed by atoms with Crippen LogP contribution in [-0.4, -0.2) is 20.9 Å². The fourth-order valence-corrected chi connectivity index (χ4v) is 4.88. The fraction of sp³-hybridized carbons (Fsp3) is 0.208. The molecule has 0 aliphatic carbocycles. The third-order valence-corrected chi connectivity index (χ3v) is 6.71. The number of aryl methyl sites for hydroxylation is 1. The Morgan fingerprint density at radius 3 is 2.53 bits per heavy atom. The summed E-state index contributed by atoms with van der Waals surface area (Å²) >= 11 is 0. The molecule has 1 heterocycles. The van der Waals surface area contributed by atoms with Gasteiger partial charge in [-0.15, -0.1) is 0 Å². The summed E-state index contributed by atoms with van der Waals surface area (Å²) in [6, 6.07) is 20.0. The Bertz CT molecular complexity index is 1270. The summed E-state index contributed by atoms with van der Waals surface area (Å²) in [4.78, 5) is 14.8. The molecule has 0 radical (unpaired) electrons. The highest BCUT2D eigenvalue weighted by Crippen LogP contribution is 2.34. The van der Waals surface area contributed by atoms with Crippen molar-refractivity contribution in [3.63, 3.8) is 0 Å². The number of carbonyl (C=O) groups is 1. The van der Waals surface area contributed by atoms with Crippen LogP contribution in [0.5, 0.6) is 0 Å². The minimum atomic E-state index is -3.84. The van der Waals surface area contributed by atoms with Crippen molar-refractivity contribution in [1.82, 2.24) is 0 Å². The highest BCUT2D eigenvalue weighted by atomic mass is 32.2. The largest absolute Gasteiger partial charge is 0.312 e. The number of hydrogen-bond donors (Lipinski definition) is 3. The molecule has 1 aliphatic heterocycles. The van der Waals surface area contributed by atoms with Crippen LogP contribution >= 0.6 is 0 Å². The Balaban J connectivity index is 1.52. The number of benzene rings is 3. The maximum atomic E-state index is 12.9. The van der Waals surface area contributed by atoms with Crippen LogP contribution in [0.3, 0.4) is 0 Å². The minimum absolute atomic E-state index is 0.0453. The van der Waals surface area contributed by atoms with Crippen LogP contribution in [0.25, 0.3) is 11.1 Å². The lowest BCUT2D eigenvalue weighted by atomic mass is 10.0. The van der Waals surface area contributed by atoms with Crippen molar-refractivity contribution < 1.29 is 13.2 Å². The van der Waals surface area contributed by atoms with E-state index in [1.54, 1.807) is 23.1 Å². The first-order valence-corrected chi connectivity index (χ1v) is 11.9. The van der Waals surface area contributed by atoms with Crippen molar-refractivity contribution in [2.24, 2.45) is 16.6 Å². The summed E-state index contributed by atoms with van der Waals surface area (Å²) in [5.41, 5.74) is 16.5. The van der Waals surface area contributed by atoms with Gasteiger partial charge >= 0.3 is 0 Å². The maximum absolute atomic E-state index is 12.9. The quantitative estimate of drug-likeness (QED) is 0.496. The molecule has 0 spiro atoms. The summed E-state index contributed by atoms with van der Waals surface area (Å²) in [7, 11) is -3.84. The monoisotopic (exact) mass is 450 g/mol. The van der Waals surface area contributed by atoms with E-state index in [0.29, 0.717) is 31.4 Å². The van der Waals surface area contributed by atoms with Crippen LogP contribution in [0.1, 0.15) is 29.3 Å². The van der Waals surface area contributed by atoms with Gasteiger partial charge in [-0.1, -0.05) is 48.5 Å². The average Bonchev–Trinajstić information content (AvgIpc) is 3.20. The van der Waals surface area contributed by atoms with E-state index in [1.165, 1.54) is 6.07 Å². The van der Waals surface area contributed by atoms with Crippen LogP contribution in [0.15, 0.2) is 71.6 Å². The smallest absolute Gasteiger partial charge is 0.238 e. The lowest BCUT2D eigenvalue weighted by Crippen LogP contribution is -2.29. The Hall–Kier alpha value is -3.04. The highest BCUT2D eigenvalue weighted by molar-refractivity contribution is 7.89. The summed E-state index contributed by atoms with van der Waals surface area (Å²) < 4.78 is 23.9. The van der Waals surface area contributed by atoms with E-state index in [0.717, 1.165) is 27.9 Å². The molecule has 0 atom stereocenters. The third kappa shape index (κ3) is 4.58. The van der Waals surface area contributed by atoms with E-state index in [2.05, 4.69) is 0 Å². The van der Waals surface area contributed by atoms with Crippen molar-refractivity contribution in [3.05, 3.63) is 83.4 Å². The molecule has 0 saturated carbocycles. The highest BCUT2D eigenvalue weighted by Gasteiger charge is 2.25. The van der Waals surface area contributed by atoms with Gasteiger partial charge in [-0.25, -0.2) is 13.6 Å². The first-order valence-electron chi connectivity index (χ1n) is 10.4. The number of nitrogens with two attached hydrogens (primary N) is 3. The molecule has 8 heteroatoms. The van der Waals surface area contributed by atoms with E-state index in [4.69, 9.17) is 16.6 Å². The zero-order valence-corrected chi connectivity index (χ0v) is 18.4. The van der Waals surface area contributed by atoms with Crippen LogP contribution in [0.4, 0.5) is 5.69 Å². The molecule has 6 N–H and O–H groups in total. The van der Waals surface area contributed by atoms with Crippen LogP contribution in [0, 0.1) is 0 Å². The molecule has 32 heavy (non-hydrogen) atoms. The number of carbonyl (C=O) groups excluding carboxylic acids is 1. The molecule has 166 valence electrons. The van der Waals surface area contributed by atoms with Crippen LogP contribution < -0.4 is 21.5 Å². The zero-order valence-electron chi connectivity index (χ0n) is 17.6. The number of rotatable bonds is 6. The van der Waals surface area contributed by atoms with Crippen molar-refractivity contribution in [1.29, 1.82) is 0 Å². The van der Waals surface area contributed by atoms with Gasteiger partial charge in [0.05, 0.1) is 11.1 Å². The number of primary sulfonamides is 1. The molecule has 0 unspecified atom stereocenters. The van der Waals surface area contributed by atoms with Crippen LogP contribution in [0.2, 0.25) is 0 Å². The van der Waals surface area contributed by atoms with Crippen molar-refractivity contribution in [2.45, 2.75) is 30.3 Å². The first kappa shape index (κ1) is 22.2. The number of hydrogen-bond acceptors (Lipinski definition) is 5. The number of nitrogens with zero attached hydrogens (tertiary/aromatic N) is 1. The van der Waals surface area contributed by atoms with E-state index in [1.807, 2.05) is 42.5 Å². The molecule has 0 saturated heterocycles. The average molecular weight is 451 g/mol. The second-order valence-electron chi connectivity index (χ2n) is 7.95. The van der Waals surface area contributed by atoms with Crippen molar-refractivity contribution in [3.8, 4) is 11.1 Å². The third-order valence-electron chi connectivity index (χ3n) is 5.74. The lowest BCUT2D eigenvalue weighted by Gasteiger charge is -2.18. The summed E-state index contributed by atoms with van der Waals surface area (Å²) in [5, 5.41) is 5.38. The zero-order chi connectivity index (χ0) is 22.9. The maximum Gasteiger partial charge on any atom is 0.238 e. The van der Waals surface area contributed by atoms with E-state index < -0.39 is 16.2 Å². The molecular formula is C24H26N4O3S. The van der Waals surface area contributed by atoms with Gasteiger partial charge < -0.3 is 16.4 Å². The topological polar surface area (TPSA) is 133 Å². The van der Waals surface area contributed by atoms with Gasteiger partial charge in [0.2, 0.25) is 15.9 Å². The number of anilines is 1. The van der Waals surface area contributed by atoms with Gasteiger partial charge in [0.15, 0.2) is 0 Å². The van der Waals surface area contributed by atoms with Crippen molar-refractivity contribution in [2.75, 3.05) is 11.4 Å². The molecular weight excluding hydrogens is 424 g/mol. The van der Waals surface area contributed by atoms with Gasteiger partial charge in [-0.2, -0.15) is 0 Å². The predicted octanol–water partition coefficient (Wildman–Crippen LogP) is 2.44. The summed E-state index contributed by atoms with van der Waals surface area (Å²) in [5.74, 6) is 0.0453. The minimum Gasteiger partial charge on any atom is -0.312 e. The second-order valence-corrected chi connectivity index (χ2v) is 9.48. The van der Waals surface area contributed by atoms with Gasteiger partial charge in [-0.05, 0) is 53.3 Å². The molecule has 3 aromatic rings. The van der Waals surface area contributed by atoms with E-state index in [-0.39, 0.29) is 10.8 Å². The Labute approximate surface area is 187 Å². The van der Waals surface area contributed by atoms with Crippen molar-refractivity contribution >= 4 is 21.6 Å². The predicted molar refractivity (Wildman–Crippen MR) is 125 cm³/mol. The number of sulfonamides is 1. The Morgan fingerprint density at radius 2 is 1.78 bits per heavy atom. The van der Waals surface area contributed by atoms with Gasteiger partial charge in [0.1, 0.15) is 0 Å². The summed E-state index contributed by atoms with van der Waals surface area (Å²) in [6.07, 6.45) is 1.15. The first-order chi connectivity index (χ1) is 15.2. The van der Waals surface area contributed by atoms with Gasteiger partial charge in [0.25, 0.3) is 0 Å². The van der Waals surface area contributed by atoms with Crippen LogP contribution in [-0.2, 0) is 27.7 Å². The fourth-order valence-electron chi connectivity index (χ4n) is 4.12. The molecule has 7 nitrogen and oxygen atoms in total. The molecule has 3 aromatic carbocycles. The van der Waals surface area contributed by atoms with Gasteiger partial charge in [0, 0.05) is 24.2 Å². The molecule has 1 aliphatic rings. The second kappa shape index (κ2) is 8.84. The standard InChI is InChI=1S/C24H26N4O3S/c25-24(26)19-5-3-4-16(14-19)8-11-23(29)28-13-12-18-15-17(9-10-21(18)28)20-6-1-2-7-22(20)32(27,30)31/h1-7,9-10,14-15,24H,8,11-13,25-26H2,(H2,27,30,31). The molecule has 4 rings (SSSR count). The number of amides is 1. The Morgan fingerprint density at radius 1 is 1.00 bits per heavy atom. The number of fused-ring (bicyclic) bond motifs is 1. The normalized spacial score (nSPS) is 13.4. The summed E-state index contributed by atoms with van der Waals surface area (Å²) in [6.45, 7) is 0.599. The molecule has 0 aromatic heterocycles. The lowest BCUT2D eigenvalue weighted by molar-refractivity contribution is -0.118. The van der Waals surface area contributed by atoms with E-state index >= 15 is 0 Å². The van der Waals surface area contributed by atoms with Gasteiger partial charge in [-0.3, -0.25) is 4.79 Å². The molecule has 0 fully saturated rings. The van der Waals surface area contributed by atoms with E-state index in [9.17, 15) is 13.2 Å². The SMILES string of the molecule is NC(N)c1cccc(CCC(=O)N2CCc3cc(-c4ccccc4S(N)(=O)=O)ccc32)c1. The Kier molecular flexibility index (Phi) is 6.12.